The van der Waals surface area contributed by atoms with Crippen LogP contribution < -0.4 is 14.8 Å². The summed E-state index contributed by atoms with van der Waals surface area (Å²) in [6, 6.07) is 21.6. The number of methoxy groups -OCH3 is 1. The number of anilines is 1. The van der Waals surface area contributed by atoms with Crippen molar-refractivity contribution in [2.24, 2.45) is 0 Å². The molecule has 0 aliphatic rings. The van der Waals surface area contributed by atoms with Gasteiger partial charge in [-0.2, -0.15) is 0 Å². The first-order valence-corrected chi connectivity index (χ1v) is 10.4. The highest BCUT2D eigenvalue weighted by Gasteiger charge is 2.26. The van der Waals surface area contributed by atoms with Gasteiger partial charge >= 0.3 is 5.97 Å². The molecule has 0 aromatic heterocycles. The lowest BCUT2D eigenvalue weighted by Gasteiger charge is -2.19. The molecular formula is C26H27NO5. The molecule has 0 heterocycles. The van der Waals surface area contributed by atoms with E-state index in [-0.39, 0.29) is 6.42 Å². The van der Waals surface area contributed by atoms with Crippen molar-refractivity contribution in [2.45, 2.75) is 26.4 Å². The summed E-state index contributed by atoms with van der Waals surface area (Å²) in [5, 5.41) is 2.83. The molecule has 1 amide bonds. The fraction of sp³-hybridized carbons (Fsp3) is 0.231. The number of hydrogen-bond donors (Lipinski definition) is 1. The molecule has 6 nitrogen and oxygen atoms in total. The molecule has 0 aliphatic carbocycles. The number of carbonyl (C=O) groups excluding carboxylic acids is 2. The molecule has 166 valence electrons. The third kappa shape index (κ3) is 5.88. The Morgan fingerprint density at radius 2 is 1.66 bits per heavy atom. The van der Waals surface area contributed by atoms with E-state index >= 15 is 0 Å². The normalized spacial score (nSPS) is 11.3. The molecule has 32 heavy (non-hydrogen) atoms. The van der Waals surface area contributed by atoms with Gasteiger partial charge in [0.05, 0.1) is 25.8 Å². The summed E-state index contributed by atoms with van der Waals surface area (Å²) in [5.41, 5.74) is 2.80. The fourth-order valence-corrected chi connectivity index (χ4v) is 3.26. The lowest BCUT2D eigenvalue weighted by atomic mass is 10.1. The summed E-state index contributed by atoms with van der Waals surface area (Å²) >= 11 is 0. The molecule has 1 atom stereocenters. The molecule has 1 N–H and O–H groups in total. The zero-order chi connectivity index (χ0) is 22.9. The Morgan fingerprint density at radius 1 is 0.938 bits per heavy atom. The molecule has 6 heteroatoms. The first-order chi connectivity index (χ1) is 15.5. The van der Waals surface area contributed by atoms with Crippen LogP contribution in [0.2, 0.25) is 0 Å². The van der Waals surface area contributed by atoms with E-state index in [0.29, 0.717) is 29.4 Å². The van der Waals surface area contributed by atoms with E-state index in [4.69, 9.17) is 14.2 Å². The van der Waals surface area contributed by atoms with E-state index in [1.807, 2.05) is 38.1 Å². The number of benzene rings is 3. The molecule has 0 bridgehead atoms. The predicted octanol–water partition coefficient (Wildman–Crippen LogP) is 4.87. The Morgan fingerprint density at radius 3 is 2.38 bits per heavy atom. The second-order valence-corrected chi connectivity index (χ2v) is 7.18. The van der Waals surface area contributed by atoms with Gasteiger partial charge in [-0.05, 0) is 43.2 Å². The molecule has 3 rings (SSSR count). The Labute approximate surface area is 188 Å². The van der Waals surface area contributed by atoms with Gasteiger partial charge in [0.1, 0.15) is 11.5 Å². The van der Waals surface area contributed by atoms with Crippen LogP contribution in [0.15, 0.2) is 72.8 Å². The van der Waals surface area contributed by atoms with Crippen molar-refractivity contribution in [1.29, 1.82) is 0 Å². The minimum atomic E-state index is -1.11. The van der Waals surface area contributed by atoms with Crippen LogP contribution in [0.1, 0.15) is 29.7 Å². The molecule has 0 saturated carbocycles. The minimum absolute atomic E-state index is 0.0167. The van der Waals surface area contributed by atoms with Gasteiger partial charge in [-0.1, -0.05) is 54.6 Å². The number of carbonyl (C=O) groups is 2. The van der Waals surface area contributed by atoms with Gasteiger partial charge in [0.15, 0.2) is 0 Å². The highest BCUT2D eigenvalue weighted by Crippen LogP contribution is 2.27. The van der Waals surface area contributed by atoms with E-state index < -0.39 is 18.0 Å². The Balaban J connectivity index is 1.79. The number of amides is 1. The summed E-state index contributed by atoms with van der Waals surface area (Å²) in [6.07, 6.45) is -1.09. The summed E-state index contributed by atoms with van der Waals surface area (Å²) in [6.45, 7) is 4.26. The molecule has 0 spiro atoms. The van der Waals surface area contributed by atoms with Crippen LogP contribution in [0.4, 0.5) is 5.69 Å². The topological polar surface area (TPSA) is 73.9 Å². The number of aryl methyl sites for hydroxylation is 1. The van der Waals surface area contributed by atoms with Gasteiger partial charge in [0, 0.05) is 5.56 Å². The van der Waals surface area contributed by atoms with Crippen molar-refractivity contribution in [3.8, 4) is 11.5 Å². The average molecular weight is 434 g/mol. The molecule has 0 radical (unpaired) electrons. The predicted molar refractivity (Wildman–Crippen MR) is 123 cm³/mol. The van der Waals surface area contributed by atoms with Crippen LogP contribution >= 0.6 is 0 Å². The molecule has 3 aromatic rings. The molecule has 0 aliphatic heterocycles. The molecule has 0 saturated heterocycles. The molecular weight excluding hydrogens is 406 g/mol. The van der Waals surface area contributed by atoms with Gasteiger partial charge in [0.2, 0.25) is 6.10 Å². The Kier molecular flexibility index (Phi) is 7.86. The molecule has 0 fully saturated rings. The van der Waals surface area contributed by atoms with Gasteiger partial charge < -0.3 is 19.5 Å². The minimum Gasteiger partial charge on any atom is -0.496 e. The lowest BCUT2D eigenvalue weighted by molar-refractivity contribution is -0.154. The summed E-state index contributed by atoms with van der Waals surface area (Å²) in [4.78, 5) is 25.9. The quantitative estimate of drug-likeness (QED) is 0.488. The van der Waals surface area contributed by atoms with Crippen molar-refractivity contribution < 1.29 is 23.8 Å². The van der Waals surface area contributed by atoms with Crippen LogP contribution in [0.25, 0.3) is 0 Å². The van der Waals surface area contributed by atoms with Gasteiger partial charge in [-0.3, -0.25) is 9.59 Å². The maximum Gasteiger partial charge on any atom is 0.311 e. The maximum atomic E-state index is 13.1. The van der Waals surface area contributed by atoms with Gasteiger partial charge in [-0.25, -0.2) is 0 Å². The number of para-hydroxylation sites is 2. The zero-order valence-electron chi connectivity index (χ0n) is 18.5. The van der Waals surface area contributed by atoms with Crippen molar-refractivity contribution >= 4 is 17.6 Å². The standard InChI is InChI=1S/C26H27NO5/c1-4-31-22-13-9-8-12-21(22)27-26(29)25(20-10-6-5-7-11-20)32-24(28)17-19-15-14-18(2)23(16-19)30-3/h5-16,25H,4,17H2,1-3H3,(H,27,29). The smallest absolute Gasteiger partial charge is 0.311 e. The first-order valence-electron chi connectivity index (χ1n) is 10.4. The Hall–Kier alpha value is -3.80. The van der Waals surface area contributed by atoms with Gasteiger partial charge in [-0.15, -0.1) is 0 Å². The monoisotopic (exact) mass is 433 g/mol. The maximum absolute atomic E-state index is 13.1. The second-order valence-electron chi connectivity index (χ2n) is 7.18. The van der Waals surface area contributed by atoms with E-state index in [0.717, 1.165) is 11.1 Å². The highest BCUT2D eigenvalue weighted by molar-refractivity contribution is 5.97. The lowest BCUT2D eigenvalue weighted by Crippen LogP contribution is -2.26. The number of ether oxygens (including phenoxy) is 3. The number of esters is 1. The third-order valence-corrected chi connectivity index (χ3v) is 4.86. The number of rotatable bonds is 9. The average Bonchev–Trinajstić information content (AvgIpc) is 2.80. The van der Waals surface area contributed by atoms with Crippen LogP contribution in [0, 0.1) is 6.92 Å². The van der Waals surface area contributed by atoms with Crippen LogP contribution in [0.3, 0.4) is 0 Å². The summed E-state index contributed by atoms with van der Waals surface area (Å²) in [5.74, 6) is 0.268. The van der Waals surface area contributed by atoms with Crippen molar-refractivity contribution in [3.63, 3.8) is 0 Å². The first kappa shape index (κ1) is 22.9. The second kappa shape index (κ2) is 11.0. The third-order valence-electron chi connectivity index (χ3n) is 4.86. The fourth-order valence-electron chi connectivity index (χ4n) is 3.26. The van der Waals surface area contributed by atoms with Crippen LogP contribution in [0.5, 0.6) is 11.5 Å². The van der Waals surface area contributed by atoms with Crippen LogP contribution in [-0.4, -0.2) is 25.6 Å². The number of hydrogen-bond acceptors (Lipinski definition) is 5. The van der Waals surface area contributed by atoms with E-state index in [1.165, 1.54) is 0 Å². The molecule has 3 aromatic carbocycles. The SMILES string of the molecule is CCOc1ccccc1NC(=O)C(OC(=O)Cc1ccc(C)c(OC)c1)c1ccccc1. The van der Waals surface area contributed by atoms with Crippen molar-refractivity contribution in [1.82, 2.24) is 0 Å². The Bertz CT molecular complexity index is 1060. The molecule has 1 unspecified atom stereocenters. The van der Waals surface area contributed by atoms with Crippen molar-refractivity contribution in [3.05, 3.63) is 89.5 Å². The van der Waals surface area contributed by atoms with E-state index in [9.17, 15) is 9.59 Å². The van der Waals surface area contributed by atoms with E-state index in [2.05, 4.69) is 5.32 Å². The van der Waals surface area contributed by atoms with Gasteiger partial charge in [0.25, 0.3) is 5.91 Å². The summed E-state index contributed by atoms with van der Waals surface area (Å²) < 4.78 is 16.6. The summed E-state index contributed by atoms with van der Waals surface area (Å²) in [7, 11) is 1.58. The largest absolute Gasteiger partial charge is 0.496 e. The highest BCUT2D eigenvalue weighted by atomic mass is 16.5. The van der Waals surface area contributed by atoms with E-state index in [1.54, 1.807) is 55.6 Å². The number of nitrogens with one attached hydrogen (secondary N) is 1. The van der Waals surface area contributed by atoms with Crippen LogP contribution in [-0.2, 0) is 20.7 Å². The zero-order valence-corrected chi connectivity index (χ0v) is 18.5. The van der Waals surface area contributed by atoms with Crippen molar-refractivity contribution in [2.75, 3.05) is 19.0 Å².